The van der Waals surface area contributed by atoms with Gasteiger partial charge in [0.15, 0.2) is 0 Å². The van der Waals surface area contributed by atoms with Gasteiger partial charge in [0.2, 0.25) is 5.91 Å². The molecule has 49 heavy (non-hydrogen) atoms. The first-order valence-corrected chi connectivity index (χ1v) is 15.2. The number of amidine groups is 1. The molecule has 0 aliphatic carbocycles. The number of hydrogen-bond donors (Lipinski definition) is 3. The SMILES string of the molecule is CCN1C(=O)CC/C(=C(/N)C(=O)N2CCCC2C#N)C1=Nc1cccc(O)c1.CN.Fc1ccccc1.O=Cc1cccc(C(F)(F)F)c1. The maximum absolute atomic E-state index is 12.9. The van der Waals surface area contributed by atoms with Crippen LogP contribution < -0.4 is 11.5 Å². The fourth-order valence-corrected chi connectivity index (χ4v) is 4.78. The van der Waals surface area contributed by atoms with E-state index in [4.69, 9.17) is 5.73 Å². The maximum Gasteiger partial charge on any atom is 0.416 e. The average molecular weight is 683 g/mol. The van der Waals surface area contributed by atoms with Gasteiger partial charge in [-0.05, 0) is 69.6 Å². The van der Waals surface area contributed by atoms with E-state index in [1.54, 1.807) is 30.3 Å². The van der Waals surface area contributed by atoms with Crippen LogP contribution in [0.5, 0.6) is 5.75 Å². The van der Waals surface area contributed by atoms with Crippen LogP contribution in [0.1, 0.15) is 48.5 Å². The van der Waals surface area contributed by atoms with Crippen molar-refractivity contribution in [3.63, 3.8) is 0 Å². The number of aromatic hydroxyl groups is 1. The highest BCUT2D eigenvalue weighted by Crippen LogP contribution is 2.30. The van der Waals surface area contributed by atoms with Crippen molar-refractivity contribution in [2.75, 3.05) is 20.1 Å². The molecule has 2 amide bonds. The summed E-state index contributed by atoms with van der Waals surface area (Å²) in [6.45, 7) is 2.69. The van der Waals surface area contributed by atoms with Crippen molar-refractivity contribution in [1.29, 1.82) is 5.26 Å². The van der Waals surface area contributed by atoms with E-state index in [1.807, 2.05) is 6.92 Å². The zero-order chi connectivity index (χ0) is 36.6. The second-order valence-electron chi connectivity index (χ2n) is 10.3. The highest BCUT2D eigenvalue weighted by atomic mass is 19.4. The summed E-state index contributed by atoms with van der Waals surface area (Å²) in [7, 11) is 1.50. The predicted molar refractivity (Wildman–Crippen MR) is 177 cm³/mol. The lowest BCUT2D eigenvalue weighted by molar-refractivity contribution is -0.137. The Labute approximate surface area is 281 Å². The number of nitrogens with two attached hydrogens (primary N) is 2. The Balaban J connectivity index is 0.000000323. The third-order valence-electron chi connectivity index (χ3n) is 7.10. The summed E-state index contributed by atoms with van der Waals surface area (Å²) >= 11 is 0. The topological polar surface area (TPSA) is 166 Å². The third-order valence-corrected chi connectivity index (χ3v) is 7.10. The number of alkyl halides is 3. The predicted octanol–water partition coefficient (Wildman–Crippen LogP) is 5.71. The van der Waals surface area contributed by atoms with Gasteiger partial charge >= 0.3 is 6.18 Å². The molecule has 5 N–H and O–H groups in total. The molecule has 0 bridgehead atoms. The van der Waals surface area contributed by atoms with Crippen LogP contribution in [0.25, 0.3) is 0 Å². The van der Waals surface area contributed by atoms with Crippen molar-refractivity contribution >= 4 is 29.6 Å². The van der Waals surface area contributed by atoms with Crippen molar-refractivity contribution in [2.24, 2.45) is 16.5 Å². The molecule has 2 aliphatic rings. The number of halogens is 4. The van der Waals surface area contributed by atoms with Gasteiger partial charge in [0.05, 0.1) is 17.3 Å². The molecule has 10 nitrogen and oxygen atoms in total. The van der Waals surface area contributed by atoms with Crippen LogP contribution in [0.4, 0.5) is 23.2 Å². The first-order valence-electron chi connectivity index (χ1n) is 15.2. The summed E-state index contributed by atoms with van der Waals surface area (Å²) in [5, 5.41) is 19.0. The second kappa shape index (κ2) is 19.3. The lowest BCUT2D eigenvalue weighted by atomic mass is 9.99. The molecule has 0 aromatic heterocycles. The zero-order valence-electron chi connectivity index (χ0n) is 27.0. The second-order valence-corrected chi connectivity index (χ2v) is 10.3. The van der Waals surface area contributed by atoms with Crippen molar-refractivity contribution in [1.82, 2.24) is 9.80 Å². The molecule has 3 aromatic carbocycles. The fraction of sp³-hybridized carbons (Fsp3) is 0.286. The van der Waals surface area contributed by atoms with Gasteiger partial charge < -0.3 is 21.5 Å². The van der Waals surface area contributed by atoms with E-state index >= 15 is 0 Å². The number of nitrogens with zero attached hydrogens (tertiary/aromatic N) is 4. The smallest absolute Gasteiger partial charge is 0.416 e. The Bertz CT molecular complexity index is 1670. The Morgan fingerprint density at radius 1 is 1.06 bits per heavy atom. The Kier molecular flexibility index (Phi) is 15.6. The zero-order valence-corrected chi connectivity index (χ0v) is 27.0. The molecule has 1 atom stereocenters. The third kappa shape index (κ3) is 11.6. The number of hydrogen-bond acceptors (Lipinski definition) is 8. The van der Waals surface area contributed by atoms with Gasteiger partial charge in [-0.2, -0.15) is 18.4 Å². The standard InChI is InChI=1S/C20H23N5O3.C8H5F3O.C6H5F.CH5N/c1-2-24-17(27)9-8-16(19(24)23-13-5-3-7-15(26)11-13)18(22)20(28)25-10-4-6-14(25)12-21;9-8(10,11)7-3-1-2-6(4-7)5-12;7-6-4-2-1-3-5-6;1-2/h3,5,7,11,14,26H,2,4,6,8-10,22H2,1H3;1-5H;1-5H;2H2,1H3/b18-16-,23-19?;;;. The highest BCUT2D eigenvalue weighted by molar-refractivity contribution is 6.15. The van der Waals surface area contributed by atoms with Crippen molar-refractivity contribution in [3.8, 4) is 11.8 Å². The van der Waals surface area contributed by atoms with Gasteiger partial charge in [0.25, 0.3) is 5.91 Å². The summed E-state index contributed by atoms with van der Waals surface area (Å²) in [5.74, 6) is -0.296. The first-order chi connectivity index (χ1) is 23.4. The van der Waals surface area contributed by atoms with E-state index in [9.17, 15) is 42.3 Å². The monoisotopic (exact) mass is 682 g/mol. The molecular formula is C35H38F4N6O4. The van der Waals surface area contributed by atoms with Crippen LogP contribution in [-0.2, 0) is 15.8 Å². The van der Waals surface area contributed by atoms with E-state index in [2.05, 4.69) is 16.8 Å². The molecule has 260 valence electrons. The number of carbonyl (C=O) groups excluding carboxylic acids is 3. The normalized spacial score (nSPS) is 17.3. The van der Waals surface area contributed by atoms with Crippen LogP contribution in [-0.4, -0.2) is 65.0 Å². The Hall–Kier alpha value is -5.55. The molecule has 2 saturated heterocycles. The summed E-state index contributed by atoms with van der Waals surface area (Å²) in [4.78, 5) is 42.9. The summed E-state index contributed by atoms with van der Waals surface area (Å²) in [5.41, 5.74) is 10.9. The van der Waals surface area contributed by atoms with Crippen LogP contribution >= 0.6 is 0 Å². The van der Waals surface area contributed by atoms with Gasteiger partial charge in [0, 0.05) is 36.7 Å². The van der Waals surface area contributed by atoms with Crippen LogP contribution in [0.3, 0.4) is 0 Å². The van der Waals surface area contributed by atoms with E-state index in [1.165, 1.54) is 53.2 Å². The summed E-state index contributed by atoms with van der Waals surface area (Å²) < 4.78 is 47.9. The van der Waals surface area contributed by atoms with E-state index < -0.39 is 23.7 Å². The number of likely N-dealkylation sites (tertiary alicyclic amines) is 2. The summed E-state index contributed by atoms with van der Waals surface area (Å²) in [6.07, 6.45) is -2.06. The van der Waals surface area contributed by atoms with Gasteiger partial charge in [-0.3, -0.25) is 19.3 Å². The number of likely N-dealkylation sites (N-methyl/N-ethyl adjacent to an activating group) is 1. The molecule has 14 heteroatoms. The molecule has 0 radical (unpaired) electrons. The van der Waals surface area contributed by atoms with Gasteiger partial charge in [-0.15, -0.1) is 0 Å². The summed E-state index contributed by atoms with van der Waals surface area (Å²) in [6, 6.07) is 20.2. The Morgan fingerprint density at radius 2 is 1.73 bits per heavy atom. The molecule has 1 unspecified atom stereocenters. The van der Waals surface area contributed by atoms with E-state index in [-0.39, 0.29) is 35.2 Å². The van der Waals surface area contributed by atoms with Crippen LogP contribution in [0.15, 0.2) is 95.1 Å². The van der Waals surface area contributed by atoms with E-state index in [0.717, 1.165) is 18.6 Å². The minimum absolute atomic E-state index is 0.0204. The molecule has 2 heterocycles. The number of rotatable bonds is 4. The van der Waals surface area contributed by atoms with Gasteiger partial charge in [-0.1, -0.05) is 36.4 Å². The lowest BCUT2D eigenvalue weighted by Gasteiger charge is -2.31. The molecule has 0 saturated carbocycles. The molecule has 3 aromatic rings. The molecular weight excluding hydrogens is 644 g/mol. The van der Waals surface area contributed by atoms with Gasteiger partial charge in [0.1, 0.15) is 35.4 Å². The lowest BCUT2D eigenvalue weighted by Crippen LogP contribution is -2.44. The number of benzene rings is 3. The number of aliphatic imine (C=N–C) groups is 1. The number of piperidine rings is 1. The fourth-order valence-electron chi connectivity index (χ4n) is 4.78. The number of aldehydes is 1. The minimum atomic E-state index is -4.38. The van der Waals surface area contributed by atoms with Crippen molar-refractivity contribution in [2.45, 2.75) is 44.8 Å². The molecule has 2 fully saturated rings. The maximum atomic E-state index is 12.9. The van der Waals surface area contributed by atoms with E-state index in [0.29, 0.717) is 49.3 Å². The number of nitriles is 1. The van der Waals surface area contributed by atoms with Crippen LogP contribution in [0, 0.1) is 17.1 Å². The quantitative estimate of drug-likeness (QED) is 0.180. The number of carbonyl (C=O) groups is 3. The highest BCUT2D eigenvalue weighted by Gasteiger charge is 2.35. The van der Waals surface area contributed by atoms with Gasteiger partial charge in [-0.25, -0.2) is 9.38 Å². The first kappa shape index (κ1) is 39.6. The molecule has 2 aliphatic heterocycles. The number of amides is 2. The molecule has 0 spiro atoms. The van der Waals surface area contributed by atoms with Crippen molar-refractivity contribution < 1.29 is 37.1 Å². The minimum Gasteiger partial charge on any atom is -0.508 e. The average Bonchev–Trinajstić information content (AvgIpc) is 3.59. The number of phenols is 1. The number of phenolic OH excluding ortho intramolecular Hbond substituents is 1. The van der Waals surface area contributed by atoms with Crippen molar-refractivity contribution in [3.05, 3.63) is 107 Å². The van der Waals surface area contributed by atoms with Crippen LogP contribution in [0.2, 0.25) is 0 Å². The largest absolute Gasteiger partial charge is 0.508 e. The molecule has 5 rings (SSSR count). The Morgan fingerprint density at radius 3 is 2.29 bits per heavy atom.